The number of aliphatic hydroxyl groups excluding tert-OH is 1. The van der Waals surface area contributed by atoms with Gasteiger partial charge in [0.15, 0.2) is 0 Å². The van der Waals surface area contributed by atoms with Gasteiger partial charge in [-0.2, -0.15) is 0 Å². The number of aromatic nitrogens is 1. The molecule has 1 aliphatic heterocycles. The number of aryl methyl sites for hydroxylation is 1. The topological polar surface area (TPSA) is 45.5 Å². The minimum atomic E-state index is 0.127. The lowest BCUT2D eigenvalue weighted by Crippen LogP contribution is -2.38. The number of nitrogens with zero attached hydrogens (tertiary/aromatic N) is 2. The van der Waals surface area contributed by atoms with Crippen molar-refractivity contribution in [3.05, 3.63) is 70.9 Å². The van der Waals surface area contributed by atoms with E-state index in [1.807, 2.05) is 17.0 Å². The number of likely N-dealkylation sites (tertiary alicyclic amines) is 1. The molecule has 152 valence electrons. The third-order valence-electron chi connectivity index (χ3n) is 6.51. The van der Waals surface area contributed by atoms with Crippen LogP contribution in [-0.2, 0) is 6.54 Å². The van der Waals surface area contributed by atoms with Crippen LogP contribution in [0.1, 0.15) is 46.4 Å². The van der Waals surface area contributed by atoms with Gasteiger partial charge in [0.25, 0.3) is 5.91 Å². The molecule has 0 atom stereocenters. The maximum absolute atomic E-state index is 13.1. The lowest BCUT2D eigenvalue weighted by Gasteiger charge is -2.31. The lowest BCUT2D eigenvalue weighted by atomic mass is 9.93. The summed E-state index contributed by atoms with van der Waals surface area (Å²) >= 11 is 0. The van der Waals surface area contributed by atoms with E-state index in [0.29, 0.717) is 5.92 Å². The molecular weight excluding hydrogens is 360 g/mol. The molecule has 0 spiro atoms. The quantitative estimate of drug-likeness (QED) is 0.695. The van der Waals surface area contributed by atoms with Gasteiger partial charge < -0.3 is 14.6 Å². The minimum Gasteiger partial charge on any atom is -0.396 e. The average molecular weight is 391 g/mol. The Morgan fingerprint density at radius 2 is 1.79 bits per heavy atom. The van der Waals surface area contributed by atoms with Gasteiger partial charge in [-0.25, -0.2) is 0 Å². The third kappa shape index (κ3) is 3.95. The predicted molar refractivity (Wildman–Crippen MR) is 117 cm³/mol. The third-order valence-corrected chi connectivity index (χ3v) is 6.51. The molecule has 3 aromatic rings. The lowest BCUT2D eigenvalue weighted by molar-refractivity contribution is 0.0678. The van der Waals surface area contributed by atoms with Crippen LogP contribution >= 0.6 is 0 Å². The number of piperidine rings is 1. The Bertz CT molecular complexity index is 999. The molecule has 0 bridgehead atoms. The molecule has 4 nitrogen and oxygen atoms in total. The summed E-state index contributed by atoms with van der Waals surface area (Å²) < 4.78 is 2.34. The molecule has 0 radical (unpaired) electrons. The molecule has 0 unspecified atom stereocenters. The van der Waals surface area contributed by atoms with Crippen LogP contribution in [0.5, 0.6) is 0 Å². The highest BCUT2D eigenvalue weighted by Crippen LogP contribution is 2.28. The molecular formula is C25H30N2O2. The van der Waals surface area contributed by atoms with Gasteiger partial charge in [0.1, 0.15) is 0 Å². The molecule has 1 aromatic heterocycles. The van der Waals surface area contributed by atoms with Gasteiger partial charge in [-0.05, 0) is 68.4 Å². The minimum absolute atomic E-state index is 0.127. The van der Waals surface area contributed by atoms with Crippen molar-refractivity contribution >= 4 is 16.8 Å². The van der Waals surface area contributed by atoms with Crippen molar-refractivity contribution in [1.29, 1.82) is 0 Å². The van der Waals surface area contributed by atoms with Gasteiger partial charge in [-0.3, -0.25) is 4.79 Å². The summed E-state index contributed by atoms with van der Waals surface area (Å²) in [5, 5.41) is 10.3. The van der Waals surface area contributed by atoms with Crippen LogP contribution in [0.2, 0.25) is 0 Å². The maximum Gasteiger partial charge on any atom is 0.253 e. The summed E-state index contributed by atoms with van der Waals surface area (Å²) in [6, 6.07) is 16.6. The van der Waals surface area contributed by atoms with Crippen molar-refractivity contribution in [3.63, 3.8) is 0 Å². The smallest absolute Gasteiger partial charge is 0.253 e. The number of aliphatic hydroxyl groups is 1. The van der Waals surface area contributed by atoms with E-state index in [0.717, 1.165) is 44.5 Å². The highest BCUT2D eigenvalue weighted by atomic mass is 16.3. The van der Waals surface area contributed by atoms with E-state index >= 15 is 0 Å². The highest BCUT2D eigenvalue weighted by Gasteiger charge is 2.24. The molecule has 1 saturated heterocycles. The molecule has 4 rings (SSSR count). The van der Waals surface area contributed by atoms with Crippen LogP contribution in [0, 0.1) is 19.8 Å². The first kappa shape index (κ1) is 19.7. The Hall–Kier alpha value is -2.59. The van der Waals surface area contributed by atoms with Crippen LogP contribution in [0.4, 0.5) is 0 Å². The van der Waals surface area contributed by atoms with Crippen molar-refractivity contribution in [2.75, 3.05) is 19.7 Å². The van der Waals surface area contributed by atoms with E-state index in [4.69, 9.17) is 5.11 Å². The van der Waals surface area contributed by atoms with Crippen molar-refractivity contribution in [1.82, 2.24) is 9.47 Å². The number of benzene rings is 2. The summed E-state index contributed by atoms with van der Waals surface area (Å²) in [5.74, 6) is 0.672. The number of rotatable bonds is 5. The summed E-state index contributed by atoms with van der Waals surface area (Å²) in [7, 11) is 0. The second-order valence-electron chi connectivity index (χ2n) is 8.26. The number of fused-ring (bicyclic) bond motifs is 1. The van der Waals surface area contributed by atoms with Crippen LogP contribution in [0.15, 0.2) is 48.5 Å². The van der Waals surface area contributed by atoms with Crippen LogP contribution in [0.3, 0.4) is 0 Å². The van der Waals surface area contributed by atoms with Crippen molar-refractivity contribution in [2.45, 2.75) is 39.7 Å². The van der Waals surface area contributed by atoms with E-state index < -0.39 is 0 Å². The second kappa shape index (κ2) is 8.42. The van der Waals surface area contributed by atoms with Gasteiger partial charge in [0.2, 0.25) is 0 Å². The molecule has 1 aliphatic rings. The molecule has 1 fully saturated rings. The molecule has 29 heavy (non-hydrogen) atoms. The molecule has 2 aromatic carbocycles. The van der Waals surface area contributed by atoms with Gasteiger partial charge in [0, 0.05) is 48.4 Å². The summed E-state index contributed by atoms with van der Waals surface area (Å²) in [5.41, 5.74) is 5.73. The fourth-order valence-corrected chi connectivity index (χ4v) is 4.54. The van der Waals surface area contributed by atoms with Crippen molar-refractivity contribution in [3.8, 4) is 0 Å². The summed E-state index contributed by atoms with van der Waals surface area (Å²) in [6.45, 7) is 6.96. The van der Waals surface area contributed by atoms with E-state index in [9.17, 15) is 4.79 Å². The van der Waals surface area contributed by atoms with E-state index in [1.165, 1.54) is 27.7 Å². The number of hydrogen-bond acceptors (Lipinski definition) is 2. The van der Waals surface area contributed by atoms with Gasteiger partial charge >= 0.3 is 0 Å². The summed E-state index contributed by atoms with van der Waals surface area (Å²) in [6.07, 6.45) is 2.82. The number of hydrogen-bond donors (Lipinski definition) is 1. The van der Waals surface area contributed by atoms with Gasteiger partial charge in [0.05, 0.1) is 0 Å². The molecule has 0 aliphatic carbocycles. The number of carbonyl (C=O) groups is 1. The molecule has 4 heteroatoms. The van der Waals surface area contributed by atoms with E-state index in [-0.39, 0.29) is 12.5 Å². The van der Waals surface area contributed by atoms with Gasteiger partial charge in [-0.15, -0.1) is 0 Å². The molecule has 1 N–H and O–H groups in total. The Morgan fingerprint density at radius 1 is 1.07 bits per heavy atom. The monoisotopic (exact) mass is 390 g/mol. The van der Waals surface area contributed by atoms with Gasteiger partial charge in [-0.1, -0.05) is 30.3 Å². The predicted octanol–water partition coefficient (Wildman–Crippen LogP) is 4.54. The first-order valence-corrected chi connectivity index (χ1v) is 10.6. The Labute approximate surface area is 172 Å². The maximum atomic E-state index is 13.1. The average Bonchev–Trinajstić information content (AvgIpc) is 2.99. The fourth-order valence-electron chi connectivity index (χ4n) is 4.54. The standard InChI is InChI=1S/C25H30N2O2/c1-18-19(2)27(17-21-6-4-3-5-7-21)24-9-8-22(16-23(18)24)25(29)26-13-10-20(11-14-26)12-15-28/h3-9,16,20,28H,10-15,17H2,1-2H3. The first-order valence-electron chi connectivity index (χ1n) is 10.6. The molecule has 0 saturated carbocycles. The Morgan fingerprint density at radius 3 is 2.48 bits per heavy atom. The van der Waals surface area contributed by atoms with Crippen LogP contribution in [-0.4, -0.2) is 40.2 Å². The van der Waals surface area contributed by atoms with E-state index in [1.54, 1.807) is 0 Å². The molecule has 2 heterocycles. The van der Waals surface area contributed by atoms with Crippen molar-refractivity contribution in [2.24, 2.45) is 5.92 Å². The zero-order valence-electron chi connectivity index (χ0n) is 17.4. The zero-order chi connectivity index (χ0) is 20.4. The Balaban J connectivity index is 1.58. The SMILES string of the molecule is Cc1c(C)n(Cc2ccccc2)c2ccc(C(=O)N3CCC(CCO)CC3)cc12. The van der Waals surface area contributed by atoms with Crippen molar-refractivity contribution < 1.29 is 9.90 Å². The highest BCUT2D eigenvalue weighted by molar-refractivity contribution is 5.99. The largest absolute Gasteiger partial charge is 0.396 e. The number of carbonyl (C=O) groups excluding carboxylic acids is 1. The Kier molecular flexibility index (Phi) is 5.72. The second-order valence-corrected chi connectivity index (χ2v) is 8.26. The normalized spacial score (nSPS) is 15.2. The zero-order valence-corrected chi connectivity index (χ0v) is 17.4. The number of amides is 1. The first-order chi connectivity index (χ1) is 14.1. The molecule has 1 amide bonds. The fraction of sp³-hybridized carbons (Fsp3) is 0.400. The van der Waals surface area contributed by atoms with Crippen LogP contribution in [0.25, 0.3) is 10.9 Å². The summed E-state index contributed by atoms with van der Waals surface area (Å²) in [4.78, 5) is 15.0. The van der Waals surface area contributed by atoms with Crippen LogP contribution < -0.4 is 0 Å². The van der Waals surface area contributed by atoms with E-state index in [2.05, 4.69) is 54.8 Å².